The van der Waals surface area contributed by atoms with Crippen LogP contribution in [0.3, 0.4) is 0 Å². The Morgan fingerprint density at radius 2 is 2.00 bits per heavy atom. The third-order valence-corrected chi connectivity index (χ3v) is 4.49. The number of carbonyl (C=O) groups is 1. The first-order valence-electron chi connectivity index (χ1n) is 7.75. The van der Waals surface area contributed by atoms with Gasteiger partial charge >= 0.3 is 0 Å². The lowest BCUT2D eigenvalue weighted by atomic mass is 10.2. The summed E-state index contributed by atoms with van der Waals surface area (Å²) in [6.45, 7) is 1.38. The van der Waals surface area contributed by atoms with E-state index in [1.165, 1.54) is 16.9 Å². The normalized spacial score (nSPS) is 10.7. The predicted octanol–water partition coefficient (Wildman–Crippen LogP) is 2.63. The number of benzene rings is 1. The van der Waals surface area contributed by atoms with Crippen LogP contribution in [-0.4, -0.2) is 38.8 Å². The Hall–Kier alpha value is -2.44. The lowest BCUT2D eigenvalue weighted by Crippen LogP contribution is -2.32. The van der Waals surface area contributed by atoms with Crippen molar-refractivity contribution in [2.24, 2.45) is 0 Å². The van der Waals surface area contributed by atoms with Crippen molar-refractivity contribution in [3.8, 4) is 0 Å². The van der Waals surface area contributed by atoms with Crippen LogP contribution < -0.4 is 0 Å². The number of aliphatic hydroxyl groups excluding tert-OH is 1. The lowest BCUT2D eigenvalue weighted by Gasteiger charge is -2.20. The van der Waals surface area contributed by atoms with Crippen molar-refractivity contribution in [2.75, 3.05) is 13.2 Å². The fraction of sp³-hybridized carbons (Fsp3) is 0.222. The van der Waals surface area contributed by atoms with Gasteiger partial charge in [0.05, 0.1) is 24.2 Å². The number of hydrogen-bond donors (Lipinski definition) is 1. The largest absolute Gasteiger partial charge is 0.395 e. The van der Waals surface area contributed by atoms with Gasteiger partial charge in [0.1, 0.15) is 0 Å². The quantitative estimate of drug-likeness (QED) is 0.719. The Bertz CT molecular complexity index is 769. The smallest absolute Gasteiger partial charge is 0.264 e. The molecule has 0 aliphatic carbocycles. The molecule has 0 bridgehead atoms. The highest BCUT2D eigenvalue weighted by atomic mass is 32.1. The van der Waals surface area contributed by atoms with Gasteiger partial charge in [0.15, 0.2) is 0 Å². The van der Waals surface area contributed by atoms with Crippen LogP contribution in [0.4, 0.5) is 0 Å². The first kappa shape index (κ1) is 16.4. The average molecular weight is 341 g/mol. The van der Waals surface area contributed by atoms with Crippen LogP contribution in [0.5, 0.6) is 0 Å². The monoisotopic (exact) mass is 341 g/mol. The second kappa shape index (κ2) is 7.90. The van der Waals surface area contributed by atoms with Gasteiger partial charge in [-0.1, -0.05) is 36.4 Å². The van der Waals surface area contributed by atoms with Crippen molar-refractivity contribution in [3.63, 3.8) is 0 Å². The van der Waals surface area contributed by atoms with E-state index in [2.05, 4.69) is 17.2 Å². The van der Waals surface area contributed by atoms with Gasteiger partial charge < -0.3 is 10.0 Å². The molecule has 1 amide bonds. The number of aromatic nitrogens is 2. The van der Waals surface area contributed by atoms with Crippen LogP contribution in [0.2, 0.25) is 0 Å². The Kier molecular flexibility index (Phi) is 5.40. The fourth-order valence-corrected chi connectivity index (χ4v) is 3.19. The second-order valence-electron chi connectivity index (χ2n) is 5.46. The van der Waals surface area contributed by atoms with E-state index in [9.17, 15) is 9.90 Å². The predicted molar refractivity (Wildman–Crippen MR) is 93.9 cm³/mol. The summed E-state index contributed by atoms with van der Waals surface area (Å²) in [6.07, 6.45) is 3.72. The summed E-state index contributed by atoms with van der Waals surface area (Å²) in [5, 5.41) is 15.5. The number of nitrogens with zero attached hydrogens (tertiary/aromatic N) is 3. The van der Waals surface area contributed by atoms with Gasteiger partial charge in [0.2, 0.25) is 0 Å². The molecule has 3 rings (SSSR count). The van der Waals surface area contributed by atoms with Crippen LogP contribution in [0.25, 0.3) is 0 Å². The van der Waals surface area contributed by atoms with Gasteiger partial charge in [-0.15, -0.1) is 11.3 Å². The molecule has 3 aromatic rings. The van der Waals surface area contributed by atoms with Crippen LogP contribution in [0.15, 0.2) is 60.2 Å². The molecule has 24 heavy (non-hydrogen) atoms. The first-order chi connectivity index (χ1) is 11.8. The molecule has 124 valence electrons. The lowest BCUT2D eigenvalue weighted by molar-refractivity contribution is 0.0712. The zero-order chi connectivity index (χ0) is 16.8. The number of hydrogen-bond acceptors (Lipinski definition) is 4. The van der Waals surface area contributed by atoms with E-state index in [4.69, 9.17) is 0 Å². The van der Waals surface area contributed by atoms with E-state index in [1.54, 1.807) is 17.2 Å². The number of rotatable bonds is 7. The van der Waals surface area contributed by atoms with Crippen LogP contribution >= 0.6 is 11.3 Å². The third-order valence-electron chi connectivity index (χ3n) is 3.64. The van der Waals surface area contributed by atoms with Crippen LogP contribution in [0.1, 0.15) is 20.8 Å². The topological polar surface area (TPSA) is 58.4 Å². The molecule has 6 heteroatoms. The zero-order valence-electron chi connectivity index (χ0n) is 13.2. The minimum Gasteiger partial charge on any atom is -0.395 e. The summed E-state index contributed by atoms with van der Waals surface area (Å²) in [5.74, 6) is -0.0603. The molecule has 0 fully saturated rings. The highest BCUT2D eigenvalue weighted by molar-refractivity contribution is 7.12. The number of aliphatic hydroxyl groups is 1. The highest BCUT2D eigenvalue weighted by Gasteiger charge is 2.17. The van der Waals surface area contributed by atoms with E-state index < -0.39 is 0 Å². The molecular weight excluding hydrogens is 322 g/mol. The standard InChI is InChI=1S/C18H19N3O2S/c22-9-8-20(18(23)17-7-4-10-24-17)12-16-11-19-21(14-16)13-15-5-2-1-3-6-15/h1-7,10-11,14,22H,8-9,12-13H2. The van der Waals surface area contributed by atoms with Crippen molar-refractivity contribution in [1.82, 2.24) is 14.7 Å². The van der Waals surface area contributed by atoms with Crippen molar-refractivity contribution in [3.05, 3.63) is 76.2 Å². The summed E-state index contributed by atoms with van der Waals surface area (Å²) < 4.78 is 1.86. The Balaban J connectivity index is 1.68. The SMILES string of the molecule is O=C(c1cccs1)N(CCO)Cc1cnn(Cc2ccccc2)c1. The molecule has 0 aliphatic rings. The van der Waals surface area contributed by atoms with Gasteiger partial charge in [-0.25, -0.2) is 0 Å². The summed E-state index contributed by atoms with van der Waals surface area (Å²) in [4.78, 5) is 14.8. The molecule has 0 radical (unpaired) electrons. The molecule has 2 aromatic heterocycles. The van der Waals surface area contributed by atoms with Crippen LogP contribution in [-0.2, 0) is 13.1 Å². The molecule has 1 aromatic carbocycles. The Morgan fingerprint density at radius 3 is 2.71 bits per heavy atom. The minimum atomic E-state index is -0.0603. The fourth-order valence-electron chi connectivity index (χ4n) is 2.49. The molecule has 2 heterocycles. The highest BCUT2D eigenvalue weighted by Crippen LogP contribution is 2.14. The summed E-state index contributed by atoms with van der Waals surface area (Å²) in [6, 6.07) is 13.8. The molecule has 0 saturated carbocycles. The molecule has 0 atom stereocenters. The van der Waals surface area contributed by atoms with E-state index in [1.807, 2.05) is 40.5 Å². The van der Waals surface area contributed by atoms with Crippen molar-refractivity contribution in [2.45, 2.75) is 13.1 Å². The number of carbonyl (C=O) groups excluding carboxylic acids is 1. The second-order valence-corrected chi connectivity index (χ2v) is 6.41. The van der Waals surface area contributed by atoms with Gasteiger partial charge in [-0.3, -0.25) is 9.48 Å². The first-order valence-corrected chi connectivity index (χ1v) is 8.63. The Labute approximate surface area is 144 Å². The molecule has 1 N–H and O–H groups in total. The number of thiophene rings is 1. The molecule has 0 spiro atoms. The van der Waals surface area contributed by atoms with Crippen molar-refractivity contribution < 1.29 is 9.90 Å². The van der Waals surface area contributed by atoms with Crippen LogP contribution in [0, 0.1) is 0 Å². The molecule has 5 nitrogen and oxygen atoms in total. The minimum absolute atomic E-state index is 0.0603. The summed E-state index contributed by atoms with van der Waals surface area (Å²) in [5.41, 5.74) is 2.12. The summed E-state index contributed by atoms with van der Waals surface area (Å²) in [7, 11) is 0. The maximum Gasteiger partial charge on any atom is 0.264 e. The van der Waals surface area contributed by atoms with Crippen molar-refractivity contribution >= 4 is 17.2 Å². The van der Waals surface area contributed by atoms with Gasteiger partial charge in [0.25, 0.3) is 5.91 Å². The van der Waals surface area contributed by atoms with E-state index in [0.29, 0.717) is 24.5 Å². The third kappa shape index (κ3) is 4.10. The van der Waals surface area contributed by atoms with Gasteiger partial charge in [0, 0.05) is 24.8 Å². The van der Waals surface area contributed by atoms with E-state index in [0.717, 1.165) is 5.56 Å². The van der Waals surface area contributed by atoms with Crippen molar-refractivity contribution in [1.29, 1.82) is 0 Å². The van der Waals surface area contributed by atoms with Gasteiger partial charge in [-0.2, -0.15) is 5.10 Å². The maximum atomic E-state index is 12.5. The average Bonchev–Trinajstić information content (AvgIpc) is 3.27. The Morgan fingerprint density at radius 1 is 1.17 bits per heavy atom. The van der Waals surface area contributed by atoms with E-state index in [-0.39, 0.29) is 12.5 Å². The van der Waals surface area contributed by atoms with E-state index >= 15 is 0 Å². The zero-order valence-corrected chi connectivity index (χ0v) is 14.0. The maximum absolute atomic E-state index is 12.5. The molecule has 0 aliphatic heterocycles. The molecule has 0 unspecified atom stereocenters. The number of amides is 1. The van der Waals surface area contributed by atoms with Gasteiger partial charge in [-0.05, 0) is 17.0 Å². The summed E-state index contributed by atoms with van der Waals surface area (Å²) >= 11 is 1.41. The molecular formula is C18H19N3O2S. The molecule has 0 saturated heterocycles.